The molecule has 7 heteroatoms. The number of aromatic nitrogens is 1. The lowest BCUT2D eigenvalue weighted by atomic mass is 10.1. The van der Waals surface area contributed by atoms with Crippen LogP contribution in [-0.2, 0) is 9.59 Å². The number of nitrogens with one attached hydrogen (secondary N) is 1. The van der Waals surface area contributed by atoms with Crippen LogP contribution >= 0.6 is 0 Å². The van der Waals surface area contributed by atoms with Crippen molar-refractivity contribution in [1.82, 2.24) is 4.98 Å². The first-order valence-electron chi connectivity index (χ1n) is 7.85. The van der Waals surface area contributed by atoms with Crippen molar-refractivity contribution in [3.05, 3.63) is 42.7 Å². The van der Waals surface area contributed by atoms with E-state index in [1.807, 2.05) is 0 Å². The lowest BCUT2D eigenvalue weighted by Gasteiger charge is -2.20. The second-order valence-corrected chi connectivity index (χ2v) is 5.67. The van der Waals surface area contributed by atoms with E-state index in [-0.39, 0.29) is 18.2 Å². The van der Waals surface area contributed by atoms with Gasteiger partial charge in [0, 0.05) is 37.1 Å². The highest BCUT2D eigenvalue weighted by atomic mass is 16.5. The molecule has 0 radical (unpaired) electrons. The van der Waals surface area contributed by atoms with Crippen LogP contribution in [0.1, 0.15) is 6.42 Å². The smallest absolute Gasteiger partial charge is 0.229 e. The lowest BCUT2D eigenvalue weighted by molar-refractivity contribution is -0.122. The zero-order chi connectivity index (χ0) is 17.8. The van der Waals surface area contributed by atoms with Crippen molar-refractivity contribution in [3.63, 3.8) is 0 Å². The summed E-state index contributed by atoms with van der Waals surface area (Å²) in [7, 11) is 3.10. The SMILES string of the molecule is COc1ccc(N2CC(C(=O)Nc3ccncc3)CC2=O)c(OC)c1. The van der Waals surface area contributed by atoms with E-state index in [4.69, 9.17) is 9.47 Å². The number of carbonyl (C=O) groups is 2. The van der Waals surface area contributed by atoms with Gasteiger partial charge in [0.1, 0.15) is 11.5 Å². The minimum Gasteiger partial charge on any atom is -0.497 e. The van der Waals surface area contributed by atoms with E-state index in [1.54, 1.807) is 54.7 Å². The Morgan fingerprint density at radius 3 is 2.64 bits per heavy atom. The van der Waals surface area contributed by atoms with Crippen molar-refractivity contribution >= 4 is 23.2 Å². The van der Waals surface area contributed by atoms with E-state index in [0.29, 0.717) is 29.4 Å². The molecule has 1 atom stereocenters. The van der Waals surface area contributed by atoms with Crippen LogP contribution in [0.15, 0.2) is 42.7 Å². The molecular weight excluding hydrogens is 322 g/mol. The van der Waals surface area contributed by atoms with Crippen LogP contribution in [0, 0.1) is 5.92 Å². The molecule has 0 aliphatic carbocycles. The number of anilines is 2. The standard InChI is InChI=1S/C18H19N3O4/c1-24-14-3-4-15(16(10-14)25-2)21-11-12(9-17(21)22)18(23)20-13-5-7-19-8-6-13/h3-8,10,12H,9,11H2,1-2H3,(H,19,20,23). The van der Waals surface area contributed by atoms with Gasteiger partial charge in [-0.25, -0.2) is 0 Å². The highest BCUT2D eigenvalue weighted by molar-refractivity contribution is 6.04. The fourth-order valence-electron chi connectivity index (χ4n) is 2.80. The fraction of sp³-hybridized carbons (Fsp3) is 0.278. The third-order valence-electron chi connectivity index (χ3n) is 4.12. The molecule has 2 heterocycles. The molecule has 2 amide bonds. The van der Waals surface area contributed by atoms with E-state index >= 15 is 0 Å². The van der Waals surface area contributed by atoms with E-state index in [2.05, 4.69) is 10.3 Å². The molecule has 7 nitrogen and oxygen atoms in total. The third-order valence-corrected chi connectivity index (χ3v) is 4.12. The molecule has 1 saturated heterocycles. The molecule has 1 aromatic carbocycles. The summed E-state index contributed by atoms with van der Waals surface area (Å²) in [5, 5.41) is 2.81. The Balaban J connectivity index is 1.75. The largest absolute Gasteiger partial charge is 0.497 e. The molecule has 0 bridgehead atoms. The number of nitrogens with zero attached hydrogens (tertiary/aromatic N) is 2. The summed E-state index contributed by atoms with van der Waals surface area (Å²) in [5.41, 5.74) is 1.29. The summed E-state index contributed by atoms with van der Waals surface area (Å²) >= 11 is 0. The predicted molar refractivity (Wildman–Crippen MR) is 92.9 cm³/mol. The number of pyridine rings is 1. The molecule has 130 valence electrons. The van der Waals surface area contributed by atoms with Crippen LogP contribution in [0.25, 0.3) is 0 Å². The first kappa shape index (κ1) is 16.8. The maximum Gasteiger partial charge on any atom is 0.229 e. The Kier molecular flexibility index (Phi) is 4.83. The lowest BCUT2D eigenvalue weighted by Crippen LogP contribution is -2.28. The average molecular weight is 341 g/mol. The summed E-state index contributed by atoms with van der Waals surface area (Å²) < 4.78 is 10.5. The minimum absolute atomic E-state index is 0.113. The monoisotopic (exact) mass is 341 g/mol. The highest BCUT2D eigenvalue weighted by Gasteiger charge is 2.36. The number of rotatable bonds is 5. The highest BCUT2D eigenvalue weighted by Crippen LogP contribution is 2.36. The van der Waals surface area contributed by atoms with Crippen molar-refractivity contribution in [2.24, 2.45) is 5.92 Å². The van der Waals surface area contributed by atoms with Crippen molar-refractivity contribution in [2.45, 2.75) is 6.42 Å². The van der Waals surface area contributed by atoms with Gasteiger partial charge >= 0.3 is 0 Å². The quantitative estimate of drug-likeness (QED) is 0.901. The molecule has 1 fully saturated rings. The van der Waals surface area contributed by atoms with Crippen LogP contribution in [0.2, 0.25) is 0 Å². The van der Waals surface area contributed by atoms with Crippen LogP contribution in [0.3, 0.4) is 0 Å². The van der Waals surface area contributed by atoms with Crippen LogP contribution in [-0.4, -0.2) is 37.6 Å². The van der Waals surface area contributed by atoms with E-state index in [9.17, 15) is 9.59 Å². The average Bonchev–Trinajstić information content (AvgIpc) is 3.03. The zero-order valence-corrected chi connectivity index (χ0v) is 14.1. The Bertz CT molecular complexity index is 779. The Hall–Kier alpha value is -3.09. The minimum atomic E-state index is -0.424. The van der Waals surface area contributed by atoms with Gasteiger partial charge in [-0.05, 0) is 24.3 Å². The number of methoxy groups -OCH3 is 2. The van der Waals surface area contributed by atoms with Gasteiger partial charge < -0.3 is 19.7 Å². The number of carbonyl (C=O) groups excluding carboxylic acids is 2. The van der Waals surface area contributed by atoms with Gasteiger partial charge in [-0.3, -0.25) is 14.6 Å². The fourth-order valence-corrected chi connectivity index (χ4v) is 2.80. The first-order valence-corrected chi connectivity index (χ1v) is 7.85. The maximum atomic E-state index is 12.4. The van der Waals surface area contributed by atoms with Crippen molar-refractivity contribution in [2.75, 3.05) is 31.0 Å². The van der Waals surface area contributed by atoms with Gasteiger partial charge in [-0.2, -0.15) is 0 Å². The molecule has 1 aromatic heterocycles. The van der Waals surface area contributed by atoms with E-state index < -0.39 is 5.92 Å². The van der Waals surface area contributed by atoms with Gasteiger partial charge in [0.05, 0.1) is 25.8 Å². The maximum absolute atomic E-state index is 12.4. The molecule has 3 rings (SSSR count). The molecule has 1 aliphatic heterocycles. The van der Waals surface area contributed by atoms with Crippen LogP contribution in [0.5, 0.6) is 11.5 Å². The molecule has 1 unspecified atom stereocenters. The molecule has 0 spiro atoms. The number of hydrogen-bond donors (Lipinski definition) is 1. The van der Waals surface area contributed by atoms with E-state index in [0.717, 1.165) is 0 Å². The van der Waals surface area contributed by atoms with Gasteiger partial charge in [0.2, 0.25) is 11.8 Å². The molecule has 25 heavy (non-hydrogen) atoms. The number of hydrogen-bond acceptors (Lipinski definition) is 5. The summed E-state index contributed by atoms with van der Waals surface area (Å²) in [4.78, 5) is 30.3. The topological polar surface area (TPSA) is 80.8 Å². The number of ether oxygens (including phenoxy) is 2. The number of amides is 2. The summed E-state index contributed by atoms with van der Waals surface area (Å²) in [5.74, 6) is 0.447. The van der Waals surface area contributed by atoms with Gasteiger partial charge in [0.25, 0.3) is 0 Å². The van der Waals surface area contributed by atoms with Crippen molar-refractivity contribution in [3.8, 4) is 11.5 Å². The normalized spacial score (nSPS) is 16.6. The van der Waals surface area contributed by atoms with Gasteiger partial charge in [-0.1, -0.05) is 0 Å². The second-order valence-electron chi connectivity index (χ2n) is 5.67. The Morgan fingerprint density at radius 2 is 1.96 bits per heavy atom. The van der Waals surface area contributed by atoms with Crippen molar-refractivity contribution in [1.29, 1.82) is 0 Å². The first-order chi connectivity index (χ1) is 12.1. The third kappa shape index (κ3) is 3.55. The van der Waals surface area contributed by atoms with E-state index in [1.165, 1.54) is 7.11 Å². The van der Waals surface area contributed by atoms with Crippen LogP contribution in [0.4, 0.5) is 11.4 Å². The van der Waals surface area contributed by atoms with Crippen molar-refractivity contribution < 1.29 is 19.1 Å². The molecule has 0 saturated carbocycles. The van der Waals surface area contributed by atoms with Crippen LogP contribution < -0.4 is 19.7 Å². The molecule has 1 N–H and O–H groups in total. The Labute approximate surface area is 145 Å². The molecule has 2 aromatic rings. The van der Waals surface area contributed by atoms with Gasteiger partial charge in [-0.15, -0.1) is 0 Å². The Morgan fingerprint density at radius 1 is 1.20 bits per heavy atom. The summed E-state index contributed by atoms with van der Waals surface area (Å²) in [6.45, 7) is 0.304. The number of benzene rings is 1. The molecule has 1 aliphatic rings. The second kappa shape index (κ2) is 7.21. The zero-order valence-electron chi connectivity index (χ0n) is 14.1. The molecular formula is C18H19N3O4. The summed E-state index contributed by atoms with van der Waals surface area (Å²) in [6.07, 6.45) is 3.36. The predicted octanol–water partition coefficient (Wildman–Crippen LogP) is 2.09. The summed E-state index contributed by atoms with van der Waals surface area (Å²) in [6, 6.07) is 8.65. The van der Waals surface area contributed by atoms with Gasteiger partial charge in [0.15, 0.2) is 0 Å².